The molecule has 0 atom stereocenters. The molecule has 0 aliphatic heterocycles. The van der Waals surface area contributed by atoms with Crippen LogP contribution in [0.2, 0.25) is 0 Å². The van der Waals surface area contributed by atoms with Crippen molar-refractivity contribution in [3.8, 4) is 28.7 Å². The molecule has 0 radical (unpaired) electrons. The van der Waals surface area contributed by atoms with Crippen molar-refractivity contribution in [2.75, 3.05) is 40.9 Å². The summed E-state index contributed by atoms with van der Waals surface area (Å²) in [6.45, 7) is 0. The Balaban J connectivity index is 1.78. The average molecular weight is 476 g/mol. The van der Waals surface area contributed by atoms with Crippen LogP contribution in [0.5, 0.6) is 28.7 Å². The van der Waals surface area contributed by atoms with E-state index < -0.39 is 0 Å². The smallest absolute Gasteiger partial charge is 0.248 e. The van der Waals surface area contributed by atoms with Gasteiger partial charge in [0.15, 0.2) is 23.0 Å². The molecule has 0 heterocycles. The van der Waals surface area contributed by atoms with Crippen molar-refractivity contribution in [2.45, 2.75) is 0 Å². The van der Waals surface area contributed by atoms with Crippen molar-refractivity contribution in [2.24, 2.45) is 0 Å². The number of rotatable bonds is 10. The maximum absolute atomic E-state index is 12.6. The standard InChI is InChI=1S/C28H29NO6/c1-31-23-14-11-19(16-24(23)32-2)12-15-27(30)29-22-9-7-6-8-21(22)13-10-20-17-25(33-3)28(35-5)26(18-20)34-4/h6-18H,1-5H3,(H,29,30)/b13-10+,15-12+. The van der Waals surface area contributed by atoms with Crippen LogP contribution in [0.25, 0.3) is 18.2 Å². The summed E-state index contributed by atoms with van der Waals surface area (Å²) in [6.07, 6.45) is 7.01. The third kappa shape index (κ3) is 6.35. The Kier molecular flexibility index (Phi) is 8.78. The summed E-state index contributed by atoms with van der Waals surface area (Å²) in [5, 5.41) is 2.93. The molecule has 7 heteroatoms. The zero-order valence-corrected chi connectivity index (χ0v) is 20.5. The fraction of sp³-hybridized carbons (Fsp3) is 0.179. The number of amides is 1. The Morgan fingerprint density at radius 2 is 1.29 bits per heavy atom. The average Bonchev–Trinajstić information content (AvgIpc) is 2.90. The van der Waals surface area contributed by atoms with Crippen molar-refractivity contribution < 1.29 is 28.5 Å². The van der Waals surface area contributed by atoms with Crippen LogP contribution in [0.1, 0.15) is 16.7 Å². The van der Waals surface area contributed by atoms with Crippen molar-refractivity contribution in [1.82, 2.24) is 0 Å². The number of carbonyl (C=O) groups excluding carboxylic acids is 1. The number of hydrogen-bond donors (Lipinski definition) is 1. The Morgan fingerprint density at radius 1 is 0.657 bits per heavy atom. The summed E-state index contributed by atoms with van der Waals surface area (Å²) in [4.78, 5) is 12.6. The highest BCUT2D eigenvalue weighted by Gasteiger charge is 2.12. The van der Waals surface area contributed by atoms with Gasteiger partial charge in [-0.2, -0.15) is 0 Å². The zero-order valence-electron chi connectivity index (χ0n) is 20.5. The Hall–Kier alpha value is -4.39. The largest absolute Gasteiger partial charge is 0.493 e. The first-order valence-electron chi connectivity index (χ1n) is 10.8. The predicted octanol–water partition coefficient (Wildman–Crippen LogP) is 5.55. The summed E-state index contributed by atoms with van der Waals surface area (Å²) >= 11 is 0. The first kappa shape index (κ1) is 25.2. The highest BCUT2D eigenvalue weighted by Crippen LogP contribution is 2.38. The maximum Gasteiger partial charge on any atom is 0.248 e. The minimum absolute atomic E-state index is 0.256. The highest BCUT2D eigenvalue weighted by molar-refractivity contribution is 6.03. The van der Waals surface area contributed by atoms with Crippen LogP contribution in [0, 0.1) is 0 Å². The minimum Gasteiger partial charge on any atom is -0.493 e. The number of anilines is 1. The number of para-hydroxylation sites is 1. The number of hydrogen-bond acceptors (Lipinski definition) is 6. The lowest BCUT2D eigenvalue weighted by molar-refractivity contribution is -0.111. The molecule has 0 spiro atoms. The summed E-state index contributed by atoms with van der Waals surface area (Å²) < 4.78 is 26.8. The van der Waals surface area contributed by atoms with E-state index in [1.807, 2.05) is 54.6 Å². The molecule has 0 saturated carbocycles. The lowest BCUT2D eigenvalue weighted by Crippen LogP contribution is -2.08. The highest BCUT2D eigenvalue weighted by atomic mass is 16.5. The van der Waals surface area contributed by atoms with Gasteiger partial charge in [-0.15, -0.1) is 0 Å². The molecule has 1 N–H and O–H groups in total. The van der Waals surface area contributed by atoms with Gasteiger partial charge in [0.25, 0.3) is 0 Å². The molecule has 0 aromatic heterocycles. The fourth-order valence-corrected chi connectivity index (χ4v) is 3.44. The molecule has 1 amide bonds. The van der Waals surface area contributed by atoms with Crippen molar-refractivity contribution >= 4 is 29.8 Å². The molecule has 0 unspecified atom stereocenters. The first-order valence-corrected chi connectivity index (χ1v) is 10.8. The minimum atomic E-state index is -0.256. The van der Waals surface area contributed by atoms with Crippen LogP contribution < -0.4 is 29.0 Å². The number of methoxy groups -OCH3 is 5. The quantitative estimate of drug-likeness (QED) is 0.306. The van der Waals surface area contributed by atoms with Gasteiger partial charge in [0.1, 0.15) is 0 Å². The molecule has 7 nitrogen and oxygen atoms in total. The molecule has 182 valence electrons. The van der Waals surface area contributed by atoms with Crippen molar-refractivity contribution in [3.63, 3.8) is 0 Å². The van der Waals surface area contributed by atoms with E-state index in [9.17, 15) is 4.79 Å². The van der Waals surface area contributed by atoms with Gasteiger partial charge in [0, 0.05) is 11.8 Å². The second-order valence-electron chi connectivity index (χ2n) is 7.32. The van der Waals surface area contributed by atoms with E-state index in [1.165, 1.54) is 6.08 Å². The molecule has 0 saturated heterocycles. The number of ether oxygens (including phenoxy) is 5. The molecule has 0 bridgehead atoms. The second-order valence-corrected chi connectivity index (χ2v) is 7.32. The SMILES string of the molecule is COc1ccc(/C=C/C(=O)Nc2ccccc2/C=C/c2cc(OC)c(OC)c(OC)c2)cc1OC. The van der Waals surface area contributed by atoms with E-state index in [1.54, 1.807) is 53.8 Å². The van der Waals surface area contributed by atoms with Crippen molar-refractivity contribution in [3.05, 3.63) is 77.4 Å². The van der Waals surface area contributed by atoms with Gasteiger partial charge < -0.3 is 29.0 Å². The number of carbonyl (C=O) groups is 1. The monoisotopic (exact) mass is 475 g/mol. The molecule has 3 aromatic rings. The molecular formula is C28H29NO6. The Morgan fingerprint density at radius 3 is 1.91 bits per heavy atom. The van der Waals surface area contributed by atoms with Crippen LogP contribution in [-0.4, -0.2) is 41.5 Å². The molecule has 0 fully saturated rings. The third-order valence-corrected chi connectivity index (χ3v) is 5.20. The fourth-order valence-electron chi connectivity index (χ4n) is 3.44. The van der Waals surface area contributed by atoms with Crippen LogP contribution >= 0.6 is 0 Å². The molecule has 0 aliphatic rings. The lowest BCUT2D eigenvalue weighted by atomic mass is 10.1. The molecule has 0 aliphatic carbocycles. The van der Waals surface area contributed by atoms with E-state index in [2.05, 4.69) is 5.32 Å². The summed E-state index contributed by atoms with van der Waals surface area (Å²) in [5.41, 5.74) is 3.19. The number of benzene rings is 3. The molecule has 3 rings (SSSR count). The summed E-state index contributed by atoms with van der Waals surface area (Å²) in [5.74, 6) is 2.62. The maximum atomic E-state index is 12.6. The first-order chi connectivity index (χ1) is 17.0. The van der Waals surface area contributed by atoms with E-state index in [0.717, 1.165) is 16.7 Å². The van der Waals surface area contributed by atoms with Crippen LogP contribution in [0.15, 0.2) is 60.7 Å². The molecular weight excluding hydrogens is 446 g/mol. The zero-order chi connectivity index (χ0) is 25.2. The van der Waals surface area contributed by atoms with Gasteiger partial charge in [-0.25, -0.2) is 0 Å². The normalized spacial score (nSPS) is 10.9. The second kappa shape index (κ2) is 12.2. The van der Waals surface area contributed by atoms with Gasteiger partial charge in [0.2, 0.25) is 11.7 Å². The van der Waals surface area contributed by atoms with E-state index in [4.69, 9.17) is 23.7 Å². The van der Waals surface area contributed by atoms with Gasteiger partial charge in [-0.1, -0.05) is 36.4 Å². The summed E-state index contributed by atoms with van der Waals surface area (Å²) in [6, 6.07) is 16.7. The topological polar surface area (TPSA) is 75.3 Å². The predicted molar refractivity (Wildman–Crippen MR) is 139 cm³/mol. The van der Waals surface area contributed by atoms with Crippen LogP contribution in [0.3, 0.4) is 0 Å². The third-order valence-electron chi connectivity index (χ3n) is 5.20. The lowest BCUT2D eigenvalue weighted by Gasteiger charge is -2.13. The van der Waals surface area contributed by atoms with E-state index in [0.29, 0.717) is 34.4 Å². The van der Waals surface area contributed by atoms with Gasteiger partial charge >= 0.3 is 0 Å². The Bertz CT molecular complexity index is 1210. The van der Waals surface area contributed by atoms with Crippen molar-refractivity contribution in [1.29, 1.82) is 0 Å². The van der Waals surface area contributed by atoms with Crippen LogP contribution in [-0.2, 0) is 4.79 Å². The Labute approximate surface area is 205 Å². The van der Waals surface area contributed by atoms with Gasteiger partial charge in [-0.05, 0) is 53.1 Å². The molecule has 35 heavy (non-hydrogen) atoms. The molecule has 3 aromatic carbocycles. The van der Waals surface area contributed by atoms with E-state index >= 15 is 0 Å². The van der Waals surface area contributed by atoms with Crippen LogP contribution in [0.4, 0.5) is 5.69 Å². The summed E-state index contributed by atoms with van der Waals surface area (Å²) in [7, 11) is 7.86. The van der Waals surface area contributed by atoms with E-state index in [-0.39, 0.29) is 5.91 Å². The van der Waals surface area contributed by atoms with Gasteiger partial charge in [0.05, 0.1) is 35.5 Å². The number of nitrogens with one attached hydrogen (secondary N) is 1. The van der Waals surface area contributed by atoms with Gasteiger partial charge in [-0.3, -0.25) is 4.79 Å².